The molecule has 1 fully saturated rings. The number of carbonyl (C=O) groups excluding carboxylic acids is 1. The maximum absolute atomic E-state index is 13.1. The number of H-pyrrole nitrogens is 1. The fraction of sp³-hybridized carbons (Fsp3) is 0.316. The topological polar surface area (TPSA) is 61.9 Å². The summed E-state index contributed by atoms with van der Waals surface area (Å²) in [4.78, 5) is 20.8. The number of benzene rings is 1. The minimum absolute atomic E-state index is 0.156. The van der Waals surface area contributed by atoms with E-state index in [0.29, 0.717) is 5.16 Å². The number of aromatic nitrogens is 3. The molecule has 26 heavy (non-hydrogen) atoms. The monoisotopic (exact) mass is 384 g/mol. The van der Waals surface area contributed by atoms with Gasteiger partial charge >= 0.3 is 0 Å². The van der Waals surface area contributed by atoms with Gasteiger partial charge in [0.05, 0.1) is 0 Å². The van der Waals surface area contributed by atoms with Crippen LogP contribution >= 0.6 is 23.1 Å². The zero-order chi connectivity index (χ0) is 17.8. The Morgan fingerprint density at radius 3 is 2.73 bits per heavy atom. The normalized spacial score (nSPS) is 15.3. The van der Waals surface area contributed by atoms with E-state index in [2.05, 4.69) is 26.6 Å². The molecule has 2 aromatic heterocycles. The Balaban J connectivity index is 1.53. The second-order valence-electron chi connectivity index (χ2n) is 6.26. The van der Waals surface area contributed by atoms with Crippen LogP contribution in [0.25, 0.3) is 0 Å². The van der Waals surface area contributed by atoms with Crippen LogP contribution in [0.2, 0.25) is 0 Å². The zero-order valence-electron chi connectivity index (χ0n) is 14.3. The number of hydrogen-bond acceptors (Lipinski definition) is 5. The average molecular weight is 385 g/mol. The van der Waals surface area contributed by atoms with E-state index in [4.69, 9.17) is 0 Å². The average Bonchev–Trinajstić information content (AvgIpc) is 3.43. The van der Waals surface area contributed by atoms with Gasteiger partial charge in [0, 0.05) is 24.4 Å². The summed E-state index contributed by atoms with van der Waals surface area (Å²) in [6.45, 7) is 1.70. The number of thiophene rings is 1. The van der Waals surface area contributed by atoms with E-state index >= 15 is 0 Å². The lowest BCUT2D eigenvalue weighted by molar-refractivity contribution is -0.129. The molecule has 1 unspecified atom stereocenters. The van der Waals surface area contributed by atoms with Gasteiger partial charge in [-0.1, -0.05) is 48.2 Å². The zero-order valence-corrected chi connectivity index (χ0v) is 15.9. The van der Waals surface area contributed by atoms with E-state index in [9.17, 15) is 4.79 Å². The van der Waals surface area contributed by atoms with Crippen molar-refractivity contribution < 1.29 is 4.79 Å². The van der Waals surface area contributed by atoms with Crippen molar-refractivity contribution in [2.75, 3.05) is 13.1 Å². The summed E-state index contributed by atoms with van der Waals surface area (Å²) in [7, 11) is 0. The summed E-state index contributed by atoms with van der Waals surface area (Å²) in [5.74, 6) is 0.985. The first-order chi connectivity index (χ1) is 12.8. The maximum atomic E-state index is 13.1. The Bertz CT molecular complexity index is 842. The van der Waals surface area contributed by atoms with Crippen LogP contribution in [-0.2, 0) is 11.2 Å². The number of likely N-dealkylation sites (tertiary alicyclic amines) is 1. The van der Waals surface area contributed by atoms with Crippen molar-refractivity contribution in [2.45, 2.75) is 29.7 Å². The minimum Gasteiger partial charge on any atom is -0.341 e. The highest BCUT2D eigenvalue weighted by Gasteiger charge is 2.29. The molecule has 4 rings (SSSR count). The number of thioether (sulfide) groups is 1. The quantitative estimate of drug-likeness (QED) is 0.655. The number of hydrogen-bond donors (Lipinski definition) is 1. The molecular weight excluding hydrogens is 364 g/mol. The molecule has 0 bridgehead atoms. The Kier molecular flexibility index (Phi) is 5.36. The number of aromatic amines is 1. The van der Waals surface area contributed by atoms with Crippen LogP contribution in [-0.4, -0.2) is 39.1 Å². The van der Waals surface area contributed by atoms with Gasteiger partial charge in [0.2, 0.25) is 11.1 Å². The van der Waals surface area contributed by atoms with Crippen LogP contribution in [0.15, 0.2) is 53.0 Å². The van der Waals surface area contributed by atoms with E-state index in [1.54, 1.807) is 11.3 Å². The van der Waals surface area contributed by atoms with E-state index in [1.807, 2.05) is 41.3 Å². The van der Waals surface area contributed by atoms with Gasteiger partial charge in [0.1, 0.15) is 11.1 Å². The van der Waals surface area contributed by atoms with Crippen LogP contribution in [0.4, 0.5) is 0 Å². The predicted octanol–water partition coefficient (Wildman–Crippen LogP) is 3.91. The molecule has 3 aromatic rings. The highest BCUT2D eigenvalue weighted by atomic mass is 32.2. The first kappa shape index (κ1) is 17.3. The molecule has 1 N–H and O–H groups in total. The van der Waals surface area contributed by atoms with Gasteiger partial charge in [0.15, 0.2) is 0 Å². The molecule has 1 aliphatic rings. The van der Waals surface area contributed by atoms with Crippen molar-refractivity contribution in [3.05, 3.63) is 64.1 Å². The van der Waals surface area contributed by atoms with Gasteiger partial charge in [-0.3, -0.25) is 9.89 Å². The van der Waals surface area contributed by atoms with E-state index in [-0.39, 0.29) is 11.2 Å². The second-order valence-corrected chi connectivity index (χ2v) is 8.37. The lowest BCUT2D eigenvalue weighted by Crippen LogP contribution is -2.31. The van der Waals surface area contributed by atoms with Crippen molar-refractivity contribution in [3.8, 4) is 0 Å². The Labute approximate surface area is 160 Å². The van der Waals surface area contributed by atoms with Crippen LogP contribution in [0, 0.1) is 0 Å². The largest absolute Gasteiger partial charge is 0.341 e. The molecule has 3 heterocycles. The Morgan fingerprint density at radius 1 is 1.19 bits per heavy atom. The first-order valence-corrected chi connectivity index (χ1v) is 10.5. The van der Waals surface area contributed by atoms with Crippen molar-refractivity contribution in [2.24, 2.45) is 0 Å². The van der Waals surface area contributed by atoms with Gasteiger partial charge in [-0.05, 0) is 29.9 Å². The highest BCUT2D eigenvalue weighted by Crippen LogP contribution is 2.35. The summed E-state index contributed by atoms with van der Waals surface area (Å²) in [6.07, 6.45) is 2.91. The van der Waals surface area contributed by atoms with Gasteiger partial charge < -0.3 is 4.90 Å². The smallest absolute Gasteiger partial charge is 0.240 e. The molecule has 0 radical (unpaired) electrons. The number of amides is 1. The first-order valence-electron chi connectivity index (χ1n) is 8.73. The molecule has 0 spiro atoms. The molecule has 0 saturated carbocycles. The number of nitrogens with zero attached hydrogens (tertiary/aromatic N) is 3. The summed E-state index contributed by atoms with van der Waals surface area (Å²) >= 11 is 3.13. The number of carbonyl (C=O) groups is 1. The second kappa shape index (κ2) is 8.05. The van der Waals surface area contributed by atoms with Crippen molar-refractivity contribution in [1.29, 1.82) is 0 Å². The molecule has 1 atom stereocenters. The molecule has 1 aromatic carbocycles. The minimum atomic E-state index is -0.306. The van der Waals surface area contributed by atoms with Crippen LogP contribution in [0.1, 0.15) is 34.4 Å². The summed E-state index contributed by atoms with van der Waals surface area (Å²) in [5.41, 5.74) is 0.999. The number of nitrogens with one attached hydrogen (secondary N) is 1. The molecular formula is C19H20N4OS2. The fourth-order valence-electron chi connectivity index (χ4n) is 3.09. The van der Waals surface area contributed by atoms with Crippen molar-refractivity contribution >= 4 is 29.0 Å². The van der Waals surface area contributed by atoms with Gasteiger partial charge in [-0.25, -0.2) is 4.98 Å². The molecule has 134 valence electrons. The standard InChI is InChI=1S/C19H20N4OS2/c24-18(23-10-4-5-11-23)17(14-7-2-1-3-8-14)26-19-20-16(21-22-19)13-15-9-6-12-25-15/h1-3,6-9,12,17H,4-5,10-11,13H2,(H,20,21,22). The SMILES string of the molecule is O=C(C(Sc1n[nH]c(Cc2cccs2)n1)c1ccccc1)N1CCCC1. The lowest BCUT2D eigenvalue weighted by Gasteiger charge is -2.22. The van der Waals surface area contributed by atoms with Crippen molar-refractivity contribution in [3.63, 3.8) is 0 Å². The third kappa shape index (κ3) is 3.99. The highest BCUT2D eigenvalue weighted by molar-refractivity contribution is 8.00. The maximum Gasteiger partial charge on any atom is 0.240 e. The summed E-state index contributed by atoms with van der Waals surface area (Å²) in [5, 5.41) is 9.72. The molecule has 7 heteroatoms. The number of rotatable bonds is 6. The summed E-state index contributed by atoms with van der Waals surface area (Å²) < 4.78 is 0. The molecule has 1 aliphatic heterocycles. The third-order valence-corrected chi connectivity index (χ3v) is 6.38. The van der Waals surface area contributed by atoms with Crippen LogP contribution in [0.5, 0.6) is 0 Å². The van der Waals surface area contributed by atoms with Crippen molar-refractivity contribution in [1.82, 2.24) is 20.1 Å². The fourth-order valence-corrected chi connectivity index (χ4v) is 4.81. The molecule has 0 aliphatic carbocycles. The molecule has 1 saturated heterocycles. The van der Waals surface area contributed by atoms with Crippen LogP contribution in [0.3, 0.4) is 0 Å². The predicted molar refractivity (Wildman–Crippen MR) is 104 cm³/mol. The van der Waals surface area contributed by atoms with Gasteiger partial charge in [0.25, 0.3) is 0 Å². The summed E-state index contributed by atoms with van der Waals surface area (Å²) in [6, 6.07) is 14.0. The van der Waals surface area contributed by atoms with E-state index < -0.39 is 0 Å². The lowest BCUT2D eigenvalue weighted by atomic mass is 10.1. The molecule has 1 amide bonds. The Hall–Kier alpha value is -2.12. The van der Waals surface area contributed by atoms with E-state index in [0.717, 1.165) is 43.7 Å². The molecule has 5 nitrogen and oxygen atoms in total. The van der Waals surface area contributed by atoms with Gasteiger partial charge in [-0.15, -0.1) is 16.4 Å². The van der Waals surface area contributed by atoms with Gasteiger partial charge in [-0.2, -0.15) is 0 Å². The Morgan fingerprint density at radius 2 is 2.00 bits per heavy atom. The van der Waals surface area contributed by atoms with E-state index in [1.165, 1.54) is 16.6 Å². The van der Waals surface area contributed by atoms with Crippen LogP contribution < -0.4 is 0 Å². The third-order valence-electron chi connectivity index (χ3n) is 4.40.